The Morgan fingerprint density at radius 2 is 1.37 bits per heavy atom. The summed E-state index contributed by atoms with van der Waals surface area (Å²) in [5.74, 6) is -7.47. The molecular weight excluding hydrogens is 713 g/mol. The number of nitrogens with zero attached hydrogens (tertiary/aromatic N) is 1. The normalized spacial score (nSPS) is 17.0. The molecule has 3 aromatic rings. The van der Waals surface area contributed by atoms with Crippen LogP contribution in [0.4, 0.5) is 22.0 Å². The monoisotopic (exact) mass is 753 g/mol. The summed E-state index contributed by atoms with van der Waals surface area (Å²) in [5, 5.41) is 20.7. The zero-order valence-corrected chi connectivity index (χ0v) is 28.9. The van der Waals surface area contributed by atoms with Crippen LogP contribution in [0.5, 0.6) is 5.75 Å². The van der Waals surface area contributed by atoms with Gasteiger partial charge in [0.25, 0.3) is 11.8 Å². The number of aliphatic hydroxyl groups is 1. The zero-order chi connectivity index (χ0) is 38.1. The van der Waals surface area contributed by atoms with Gasteiger partial charge >= 0.3 is 18.1 Å². The number of carbonyl (C=O) groups excluding carboxylic acids is 2. The van der Waals surface area contributed by atoms with E-state index in [0.717, 1.165) is 18.4 Å². The van der Waals surface area contributed by atoms with E-state index in [0.29, 0.717) is 41.7 Å². The zero-order valence-electron chi connectivity index (χ0n) is 28.1. The molecule has 5 N–H and O–H groups in total. The van der Waals surface area contributed by atoms with Crippen molar-refractivity contribution in [1.82, 2.24) is 10.2 Å². The molecular formula is C37H41ClF5N3O6. The van der Waals surface area contributed by atoms with Gasteiger partial charge in [-0.15, -0.1) is 0 Å². The van der Waals surface area contributed by atoms with Gasteiger partial charge in [-0.25, -0.2) is 4.79 Å². The first-order valence-electron chi connectivity index (χ1n) is 16.9. The van der Waals surface area contributed by atoms with Crippen LogP contribution in [0.1, 0.15) is 62.2 Å². The number of amides is 2. The number of hydrogen-bond acceptors (Lipinski definition) is 6. The van der Waals surface area contributed by atoms with E-state index in [9.17, 15) is 27.9 Å². The fraction of sp³-hybridized carbons (Fsp3) is 0.432. The first kappa shape index (κ1) is 40.5. The van der Waals surface area contributed by atoms with Crippen LogP contribution in [0.3, 0.4) is 0 Å². The van der Waals surface area contributed by atoms with Crippen molar-refractivity contribution in [1.29, 1.82) is 0 Å². The van der Waals surface area contributed by atoms with Crippen molar-refractivity contribution in [2.45, 2.75) is 75.2 Å². The molecule has 5 rings (SSSR count). The minimum atomic E-state index is -5.08. The van der Waals surface area contributed by atoms with E-state index < -0.39 is 47.6 Å². The number of hydrogen-bond donors (Lipinski definition) is 4. The summed E-state index contributed by atoms with van der Waals surface area (Å²) in [6.07, 6.45) is 0.0126. The second kappa shape index (κ2) is 18.0. The van der Waals surface area contributed by atoms with E-state index in [1.807, 2.05) is 0 Å². The number of likely N-dealkylation sites (tertiary alicyclic amines) is 1. The average molecular weight is 754 g/mol. The van der Waals surface area contributed by atoms with Crippen molar-refractivity contribution in [2.75, 3.05) is 19.7 Å². The Hall–Kier alpha value is -4.27. The van der Waals surface area contributed by atoms with Gasteiger partial charge in [-0.2, -0.15) is 22.0 Å². The number of aliphatic carboxylic acids is 1. The number of aliphatic hydroxyl groups excluding tert-OH is 1. The molecule has 1 saturated carbocycles. The molecule has 1 aliphatic carbocycles. The van der Waals surface area contributed by atoms with Crippen molar-refractivity contribution in [3.05, 3.63) is 88.9 Å². The van der Waals surface area contributed by atoms with Crippen LogP contribution in [0.2, 0.25) is 5.02 Å². The second-order valence-electron chi connectivity index (χ2n) is 12.9. The highest BCUT2D eigenvalue weighted by atomic mass is 35.5. The second-order valence-corrected chi connectivity index (χ2v) is 13.3. The van der Waals surface area contributed by atoms with Gasteiger partial charge < -0.3 is 30.9 Å². The van der Waals surface area contributed by atoms with Gasteiger partial charge in [0.15, 0.2) is 12.1 Å². The van der Waals surface area contributed by atoms with Crippen molar-refractivity contribution >= 4 is 29.4 Å². The lowest BCUT2D eigenvalue weighted by atomic mass is 9.90. The van der Waals surface area contributed by atoms with Crippen LogP contribution >= 0.6 is 11.6 Å². The van der Waals surface area contributed by atoms with Gasteiger partial charge in [-0.1, -0.05) is 79.4 Å². The van der Waals surface area contributed by atoms with Crippen molar-refractivity contribution < 1.29 is 51.3 Å². The third-order valence-corrected chi connectivity index (χ3v) is 9.34. The molecule has 3 aromatic carbocycles. The largest absolute Gasteiger partial charge is 0.493 e. The Labute approximate surface area is 302 Å². The fourth-order valence-corrected chi connectivity index (χ4v) is 6.12. The molecule has 2 atom stereocenters. The molecule has 0 spiro atoms. The highest BCUT2D eigenvalue weighted by Crippen LogP contribution is 2.35. The minimum absolute atomic E-state index is 0.126. The number of alkyl halides is 5. The first-order valence-corrected chi connectivity index (χ1v) is 17.2. The molecule has 0 bridgehead atoms. The van der Waals surface area contributed by atoms with Gasteiger partial charge in [-0.05, 0) is 72.6 Å². The summed E-state index contributed by atoms with van der Waals surface area (Å²) >= 11 is 5.97. The molecule has 15 heteroatoms. The number of piperidine rings is 1. The van der Waals surface area contributed by atoms with Crippen molar-refractivity contribution in [3.63, 3.8) is 0 Å². The van der Waals surface area contributed by atoms with Gasteiger partial charge in [0.05, 0.1) is 6.61 Å². The Kier molecular flexibility index (Phi) is 14.0. The van der Waals surface area contributed by atoms with Crippen LogP contribution in [-0.4, -0.2) is 70.9 Å². The molecule has 52 heavy (non-hydrogen) atoms. The standard InChI is InChI=1S/C35H40ClF2N3O4.C2HF3O2/c36-28-14-8-25(9-15-28)24-6-12-27(13-7-24)35(37,38)32(34(44)41-20-18-29(39)19-21-41)40-33(43)31(42)26-10-16-30(17-11-26)45-22-23-4-2-1-3-5-23;3-2(4,5)1(6)7/h6-17,23,29,31-32,42H,1-5,18-22,39H2,(H,40,43);(H,6,7)/t31-,32-;/m1./s1. The third-order valence-electron chi connectivity index (χ3n) is 9.09. The summed E-state index contributed by atoms with van der Waals surface area (Å²) in [7, 11) is 0. The Balaban J connectivity index is 0.000000785. The molecule has 1 aliphatic heterocycles. The van der Waals surface area contributed by atoms with E-state index in [1.165, 1.54) is 60.6 Å². The molecule has 2 amide bonds. The summed E-state index contributed by atoms with van der Waals surface area (Å²) in [6.45, 7) is 0.995. The first-order chi connectivity index (χ1) is 24.6. The van der Waals surface area contributed by atoms with E-state index in [-0.39, 0.29) is 24.7 Å². The third kappa shape index (κ3) is 11.1. The smallest absolute Gasteiger partial charge is 0.490 e. The number of nitrogens with two attached hydrogens (primary N) is 1. The maximum Gasteiger partial charge on any atom is 0.490 e. The highest BCUT2D eigenvalue weighted by molar-refractivity contribution is 6.30. The van der Waals surface area contributed by atoms with Crippen LogP contribution in [-0.2, 0) is 20.3 Å². The number of carboxylic acids is 1. The number of carbonyl (C=O) groups is 3. The Bertz CT molecular complexity index is 1630. The topological polar surface area (TPSA) is 142 Å². The molecule has 9 nitrogen and oxygen atoms in total. The maximum absolute atomic E-state index is 16.2. The predicted octanol–water partition coefficient (Wildman–Crippen LogP) is 6.86. The summed E-state index contributed by atoms with van der Waals surface area (Å²) in [6, 6.07) is 16.5. The Morgan fingerprint density at radius 3 is 1.88 bits per heavy atom. The lowest BCUT2D eigenvalue weighted by Crippen LogP contribution is -2.58. The SMILES string of the molecule is NC1CCN(C(=O)[C@@H](NC(=O)[C@H](O)c2ccc(OCC3CCCCC3)cc2)C(F)(F)c2ccc(-c3ccc(Cl)cc3)cc2)CC1.O=C(O)C(F)(F)F. The van der Waals surface area contributed by atoms with E-state index in [2.05, 4.69) is 5.32 Å². The van der Waals surface area contributed by atoms with Gasteiger partial charge in [0, 0.05) is 29.7 Å². The number of carboxylic acid groups (broad SMARTS) is 1. The number of ether oxygens (including phenoxy) is 1. The summed E-state index contributed by atoms with van der Waals surface area (Å²) < 4.78 is 70.0. The fourth-order valence-electron chi connectivity index (χ4n) is 5.99. The predicted molar refractivity (Wildman–Crippen MR) is 184 cm³/mol. The molecule has 2 fully saturated rings. The molecule has 0 unspecified atom stereocenters. The molecule has 2 aliphatic rings. The quantitative estimate of drug-likeness (QED) is 0.166. The molecule has 282 valence electrons. The summed E-state index contributed by atoms with van der Waals surface area (Å²) in [4.78, 5) is 37.0. The van der Waals surface area contributed by atoms with Gasteiger partial charge in [0.1, 0.15) is 5.75 Å². The minimum Gasteiger partial charge on any atom is -0.493 e. The highest BCUT2D eigenvalue weighted by Gasteiger charge is 2.49. The van der Waals surface area contributed by atoms with E-state index >= 15 is 8.78 Å². The molecule has 1 heterocycles. The summed E-state index contributed by atoms with van der Waals surface area (Å²) in [5.41, 5.74) is 7.19. The van der Waals surface area contributed by atoms with Gasteiger partial charge in [-0.3, -0.25) is 9.59 Å². The van der Waals surface area contributed by atoms with Crippen molar-refractivity contribution in [2.24, 2.45) is 11.7 Å². The molecule has 1 saturated heterocycles. The Morgan fingerprint density at radius 1 is 0.846 bits per heavy atom. The van der Waals surface area contributed by atoms with Crippen molar-refractivity contribution in [3.8, 4) is 16.9 Å². The van der Waals surface area contributed by atoms with Crippen LogP contribution in [0, 0.1) is 5.92 Å². The lowest BCUT2D eigenvalue weighted by Gasteiger charge is -2.36. The number of nitrogens with one attached hydrogen (secondary N) is 1. The average Bonchev–Trinajstić information content (AvgIpc) is 3.13. The van der Waals surface area contributed by atoms with E-state index in [4.69, 9.17) is 32.0 Å². The van der Waals surface area contributed by atoms with Crippen LogP contribution in [0.25, 0.3) is 11.1 Å². The number of halogens is 6. The van der Waals surface area contributed by atoms with Gasteiger partial charge in [0.2, 0.25) is 0 Å². The van der Waals surface area contributed by atoms with E-state index in [1.54, 1.807) is 36.4 Å². The van der Waals surface area contributed by atoms with Crippen LogP contribution in [0.15, 0.2) is 72.8 Å². The van der Waals surface area contributed by atoms with Crippen LogP contribution < -0.4 is 15.8 Å². The molecule has 0 aromatic heterocycles. The maximum atomic E-state index is 16.2. The lowest BCUT2D eigenvalue weighted by molar-refractivity contribution is -0.192. The number of benzene rings is 3. The molecule has 0 radical (unpaired) electrons. The number of rotatable bonds is 10.